The molecule has 2 nitrogen and oxygen atoms in total. The Balaban J connectivity index is 2.13. The van der Waals surface area contributed by atoms with E-state index in [1.54, 1.807) is 7.05 Å². The number of hydrogen-bond donors (Lipinski definition) is 1. The maximum Gasteiger partial charge on any atom is 0.125 e. The molecule has 2 heteroatoms. The molecule has 2 rings (SSSR count). The van der Waals surface area contributed by atoms with Crippen molar-refractivity contribution >= 4 is 5.84 Å². The van der Waals surface area contributed by atoms with Crippen molar-refractivity contribution in [2.24, 2.45) is 16.6 Å². The standard InChI is InChI=1S/C13H14N2/c1-15-13(14)12-8-6-11(7-9-12)5-4-10-2-3-10/h6-10H,2-3H2,1H3,(H2,14,15). The number of hydrogen-bond acceptors (Lipinski definition) is 1. The minimum atomic E-state index is 0.566. The molecule has 0 unspecified atom stereocenters. The molecule has 1 saturated carbocycles. The molecule has 1 aromatic rings. The zero-order valence-corrected chi connectivity index (χ0v) is 8.83. The van der Waals surface area contributed by atoms with Crippen molar-refractivity contribution in [3.8, 4) is 11.8 Å². The summed E-state index contributed by atoms with van der Waals surface area (Å²) in [5.74, 6) is 7.60. The summed E-state index contributed by atoms with van der Waals surface area (Å²) in [5, 5.41) is 0. The average molecular weight is 198 g/mol. The first-order chi connectivity index (χ1) is 7.29. The summed E-state index contributed by atoms with van der Waals surface area (Å²) in [6.45, 7) is 0. The summed E-state index contributed by atoms with van der Waals surface area (Å²) in [6, 6.07) is 7.89. The molecule has 15 heavy (non-hydrogen) atoms. The van der Waals surface area contributed by atoms with Crippen LogP contribution in [0.5, 0.6) is 0 Å². The summed E-state index contributed by atoms with van der Waals surface area (Å²) in [4.78, 5) is 3.93. The Labute approximate surface area is 90.2 Å². The Bertz CT molecular complexity index is 428. The van der Waals surface area contributed by atoms with Crippen molar-refractivity contribution in [2.75, 3.05) is 7.05 Å². The van der Waals surface area contributed by atoms with Crippen LogP contribution in [0.25, 0.3) is 0 Å². The lowest BCUT2D eigenvalue weighted by Crippen LogP contribution is -2.12. The van der Waals surface area contributed by atoms with Gasteiger partial charge in [0.2, 0.25) is 0 Å². The molecule has 0 saturated heterocycles. The van der Waals surface area contributed by atoms with Crippen LogP contribution < -0.4 is 5.73 Å². The van der Waals surface area contributed by atoms with Crippen LogP contribution in [-0.2, 0) is 0 Å². The van der Waals surface area contributed by atoms with Gasteiger partial charge in [0.15, 0.2) is 0 Å². The van der Waals surface area contributed by atoms with Gasteiger partial charge in [-0.2, -0.15) is 0 Å². The molecule has 1 aliphatic carbocycles. The molecular weight excluding hydrogens is 184 g/mol. The van der Waals surface area contributed by atoms with Crippen LogP contribution in [0.3, 0.4) is 0 Å². The maximum atomic E-state index is 5.69. The van der Waals surface area contributed by atoms with E-state index in [4.69, 9.17) is 5.73 Å². The zero-order valence-electron chi connectivity index (χ0n) is 8.83. The van der Waals surface area contributed by atoms with Crippen molar-refractivity contribution in [2.45, 2.75) is 12.8 Å². The highest BCUT2D eigenvalue weighted by atomic mass is 14.8. The Hall–Kier alpha value is -1.75. The highest BCUT2D eigenvalue weighted by Crippen LogP contribution is 2.27. The van der Waals surface area contributed by atoms with E-state index in [-0.39, 0.29) is 0 Å². The number of nitrogens with two attached hydrogens (primary N) is 1. The number of aliphatic imine (C=N–C) groups is 1. The van der Waals surface area contributed by atoms with Gasteiger partial charge in [-0.3, -0.25) is 4.99 Å². The molecular formula is C13H14N2. The molecule has 76 valence electrons. The van der Waals surface area contributed by atoms with Crippen LogP contribution in [0.15, 0.2) is 29.3 Å². The molecule has 1 fully saturated rings. The molecule has 0 spiro atoms. The van der Waals surface area contributed by atoms with Crippen molar-refractivity contribution in [3.63, 3.8) is 0 Å². The van der Waals surface area contributed by atoms with Crippen LogP contribution in [-0.4, -0.2) is 12.9 Å². The summed E-state index contributed by atoms with van der Waals surface area (Å²) in [5.41, 5.74) is 7.69. The highest BCUT2D eigenvalue weighted by Gasteiger charge is 2.17. The van der Waals surface area contributed by atoms with Gasteiger partial charge < -0.3 is 5.73 Å². The van der Waals surface area contributed by atoms with Crippen LogP contribution in [0, 0.1) is 17.8 Å². The molecule has 0 radical (unpaired) electrons. The second-order valence-corrected chi connectivity index (χ2v) is 3.73. The van der Waals surface area contributed by atoms with Crippen molar-refractivity contribution in [1.29, 1.82) is 0 Å². The van der Waals surface area contributed by atoms with Crippen molar-refractivity contribution < 1.29 is 0 Å². The molecule has 0 amide bonds. The van der Waals surface area contributed by atoms with E-state index >= 15 is 0 Å². The van der Waals surface area contributed by atoms with E-state index < -0.39 is 0 Å². The van der Waals surface area contributed by atoms with Crippen LogP contribution in [0.2, 0.25) is 0 Å². The molecule has 0 bridgehead atoms. The van der Waals surface area contributed by atoms with Gasteiger partial charge in [-0.15, -0.1) is 0 Å². The molecule has 0 atom stereocenters. The molecule has 0 aliphatic heterocycles. The quantitative estimate of drug-likeness (QED) is 0.417. The Morgan fingerprint density at radius 1 is 1.33 bits per heavy atom. The number of amidine groups is 1. The van der Waals surface area contributed by atoms with Gasteiger partial charge in [-0.1, -0.05) is 24.0 Å². The Morgan fingerprint density at radius 2 is 2.00 bits per heavy atom. The minimum Gasteiger partial charge on any atom is -0.384 e. The van der Waals surface area contributed by atoms with Gasteiger partial charge in [-0.25, -0.2) is 0 Å². The van der Waals surface area contributed by atoms with Gasteiger partial charge in [0, 0.05) is 24.1 Å². The summed E-state index contributed by atoms with van der Waals surface area (Å²) in [6.07, 6.45) is 2.53. The molecule has 1 aromatic carbocycles. The molecule has 0 aromatic heterocycles. The topological polar surface area (TPSA) is 38.4 Å². The van der Waals surface area contributed by atoms with E-state index in [2.05, 4.69) is 16.8 Å². The number of rotatable bonds is 1. The fraction of sp³-hybridized carbons (Fsp3) is 0.308. The Kier molecular flexibility index (Phi) is 2.73. The van der Waals surface area contributed by atoms with E-state index in [0.717, 1.165) is 11.1 Å². The predicted molar refractivity (Wildman–Crippen MR) is 62.7 cm³/mol. The largest absolute Gasteiger partial charge is 0.384 e. The molecule has 2 N–H and O–H groups in total. The monoisotopic (exact) mass is 198 g/mol. The van der Waals surface area contributed by atoms with Gasteiger partial charge in [0.05, 0.1) is 0 Å². The van der Waals surface area contributed by atoms with Gasteiger partial charge >= 0.3 is 0 Å². The van der Waals surface area contributed by atoms with Crippen molar-refractivity contribution in [1.82, 2.24) is 0 Å². The van der Waals surface area contributed by atoms with E-state index in [1.807, 2.05) is 24.3 Å². The molecule has 0 heterocycles. The van der Waals surface area contributed by atoms with Crippen molar-refractivity contribution in [3.05, 3.63) is 35.4 Å². The molecule has 1 aliphatic rings. The van der Waals surface area contributed by atoms with Gasteiger partial charge in [0.25, 0.3) is 0 Å². The lowest BCUT2D eigenvalue weighted by molar-refractivity contribution is 1.18. The summed E-state index contributed by atoms with van der Waals surface area (Å²) in [7, 11) is 1.69. The third-order valence-electron chi connectivity index (χ3n) is 2.42. The van der Waals surface area contributed by atoms with Crippen LogP contribution >= 0.6 is 0 Å². The summed E-state index contributed by atoms with van der Waals surface area (Å²) < 4.78 is 0. The predicted octanol–water partition coefficient (Wildman–Crippen LogP) is 1.78. The SMILES string of the molecule is CN=C(N)c1ccc(C#CC2CC2)cc1. The Morgan fingerprint density at radius 3 is 2.53 bits per heavy atom. The van der Waals surface area contributed by atoms with E-state index in [0.29, 0.717) is 11.8 Å². The second kappa shape index (κ2) is 4.18. The smallest absolute Gasteiger partial charge is 0.125 e. The van der Waals surface area contributed by atoms with Gasteiger partial charge in [-0.05, 0) is 25.0 Å². The van der Waals surface area contributed by atoms with Gasteiger partial charge in [0.1, 0.15) is 5.84 Å². The summed E-state index contributed by atoms with van der Waals surface area (Å²) >= 11 is 0. The third kappa shape index (κ3) is 2.60. The first-order valence-corrected chi connectivity index (χ1v) is 5.14. The minimum absolute atomic E-state index is 0.566. The second-order valence-electron chi connectivity index (χ2n) is 3.73. The van der Waals surface area contributed by atoms with Crippen LogP contribution in [0.4, 0.5) is 0 Å². The highest BCUT2D eigenvalue weighted by molar-refractivity contribution is 5.97. The fourth-order valence-corrected chi connectivity index (χ4v) is 1.27. The zero-order chi connectivity index (χ0) is 10.7. The average Bonchev–Trinajstić information content (AvgIpc) is 3.10. The normalized spacial score (nSPS) is 15.7. The van der Waals surface area contributed by atoms with Crippen LogP contribution in [0.1, 0.15) is 24.0 Å². The van der Waals surface area contributed by atoms with E-state index in [1.165, 1.54) is 12.8 Å². The first kappa shape index (κ1) is 9.79. The lowest BCUT2D eigenvalue weighted by atomic mass is 10.1. The fourth-order valence-electron chi connectivity index (χ4n) is 1.27. The first-order valence-electron chi connectivity index (χ1n) is 5.14. The number of nitrogens with zero attached hydrogens (tertiary/aromatic N) is 1. The lowest BCUT2D eigenvalue weighted by Gasteiger charge is -1.98. The third-order valence-corrected chi connectivity index (χ3v) is 2.42. The number of benzene rings is 1. The maximum absolute atomic E-state index is 5.69. The van der Waals surface area contributed by atoms with E-state index in [9.17, 15) is 0 Å².